The first-order valence-electron chi connectivity index (χ1n) is 5.28. The summed E-state index contributed by atoms with van der Waals surface area (Å²) in [4.78, 5) is 10.9. The second-order valence-corrected chi connectivity index (χ2v) is 4.64. The van der Waals surface area contributed by atoms with E-state index in [1.807, 2.05) is 0 Å². The summed E-state index contributed by atoms with van der Waals surface area (Å²) in [6.07, 6.45) is 2.96. The van der Waals surface area contributed by atoms with Crippen LogP contribution < -0.4 is 0 Å². The maximum absolute atomic E-state index is 10.9. The molecule has 0 aliphatic rings. The molecule has 0 rings (SSSR count). The molecule has 14 heavy (non-hydrogen) atoms. The van der Waals surface area contributed by atoms with Gasteiger partial charge in [0, 0.05) is 0 Å². The van der Waals surface area contributed by atoms with Gasteiger partial charge in [0.2, 0.25) is 0 Å². The normalized spacial score (nSPS) is 14.9. The van der Waals surface area contributed by atoms with Gasteiger partial charge in [-0.25, -0.2) is 0 Å². The maximum Gasteiger partial charge on any atom is 0.310 e. The van der Waals surface area contributed by atoms with Gasteiger partial charge in [0.15, 0.2) is 0 Å². The lowest BCUT2D eigenvalue weighted by atomic mass is 9.90. The van der Waals surface area contributed by atoms with Gasteiger partial charge < -0.3 is 5.11 Å². The number of hydrogen-bond acceptors (Lipinski definition) is 1. The number of carbonyl (C=O) groups is 1. The first kappa shape index (κ1) is 13.2. The molecule has 1 unspecified atom stereocenters. The second-order valence-electron chi connectivity index (χ2n) is 4.64. The Morgan fingerprint density at radius 3 is 2.00 bits per heavy atom. The molecule has 0 heterocycles. The number of aliphatic carboxylic acids is 1. The molecule has 2 nitrogen and oxygen atoms in total. The quantitative estimate of drug-likeness (QED) is 0.688. The van der Waals surface area contributed by atoms with E-state index in [-0.39, 0.29) is 5.92 Å². The number of hydrogen-bond donors (Lipinski definition) is 1. The van der Waals surface area contributed by atoms with Gasteiger partial charge in [0.25, 0.3) is 0 Å². The van der Waals surface area contributed by atoms with E-state index in [9.17, 15) is 4.79 Å². The van der Waals surface area contributed by atoms with Gasteiger partial charge in [0.05, 0.1) is 5.92 Å². The number of carboxylic acid groups (broad SMARTS) is 1. The van der Waals surface area contributed by atoms with E-state index in [0.717, 1.165) is 12.0 Å². The van der Waals surface area contributed by atoms with E-state index in [1.54, 1.807) is 6.92 Å². The summed E-state index contributed by atoms with van der Waals surface area (Å²) in [5, 5.41) is 8.94. The highest BCUT2D eigenvalue weighted by Crippen LogP contribution is 2.21. The van der Waals surface area contributed by atoms with Gasteiger partial charge in [0.1, 0.15) is 0 Å². The molecule has 0 radical (unpaired) electrons. The maximum atomic E-state index is 10.9. The van der Waals surface area contributed by atoms with E-state index in [1.165, 1.54) is 0 Å². The lowest BCUT2D eigenvalue weighted by molar-refractivity contribution is -0.139. The second kappa shape index (κ2) is 5.84. The van der Waals surface area contributed by atoms with Gasteiger partial charge >= 0.3 is 5.97 Å². The Labute approximate surface area is 87.0 Å². The van der Waals surface area contributed by atoms with Crippen LogP contribution in [0.3, 0.4) is 0 Å². The molecular formula is C12H22O2. The molecule has 1 N–H and O–H groups in total. The van der Waals surface area contributed by atoms with Crippen LogP contribution in [0.25, 0.3) is 0 Å². The predicted molar refractivity (Wildman–Crippen MR) is 59.2 cm³/mol. The van der Waals surface area contributed by atoms with Crippen LogP contribution in [-0.4, -0.2) is 11.1 Å². The SMILES string of the molecule is CC(C)C=C(CC(C)C)C(C)C(=O)O. The highest BCUT2D eigenvalue weighted by atomic mass is 16.4. The Morgan fingerprint density at radius 2 is 1.71 bits per heavy atom. The zero-order valence-corrected chi connectivity index (χ0v) is 9.87. The molecule has 0 fully saturated rings. The first-order chi connectivity index (χ1) is 6.34. The smallest absolute Gasteiger partial charge is 0.310 e. The molecular weight excluding hydrogens is 176 g/mol. The van der Waals surface area contributed by atoms with Crippen molar-refractivity contribution in [2.75, 3.05) is 0 Å². The van der Waals surface area contributed by atoms with Crippen molar-refractivity contribution in [3.8, 4) is 0 Å². The number of allylic oxidation sites excluding steroid dienone is 1. The van der Waals surface area contributed by atoms with Crippen molar-refractivity contribution in [3.63, 3.8) is 0 Å². The summed E-state index contributed by atoms with van der Waals surface area (Å²) in [6, 6.07) is 0. The predicted octanol–water partition coefficient (Wildman–Crippen LogP) is 3.34. The average Bonchev–Trinajstić information content (AvgIpc) is 1.99. The fourth-order valence-corrected chi connectivity index (χ4v) is 1.45. The Hall–Kier alpha value is -0.790. The minimum atomic E-state index is -0.724. The average molecular weight is 198 g/mol. The van der Waals surface area contributed by atoms with Gasteiger partial charge in [-0.2, -0.15) is 0 Å². The molecule has 0 saturated heterocycles. The number of rotatable bonds is 5. The summed E-state index contributed by atoms with van der Waals surface area (Å²) in [5.41, 5.74) is 1.06. The van der Waals surface area contributed by atoms with Crippen LogP contribution in [0, 0.1) is 17.8 Å². The molecule has 2 heteroatoms. The van der Waals surface area contributed by atoms with Crippen molar-refractivity contribution >= 4 is 5.97 Å². The van der Waals surface area contributed by atoms with Gasteiger partial charge in [-0.1, -0.05) is 39.3 Å². The van der Waals surface area contributed by atoms with Crippen LogP contribution in [0.1, 0.15) is 41.0 Å². The Kier molecular flexibility index (Phi) is 5.51. The minimum absolute atomic E-state index is 0.347. The first-order valence-corrected chi connectivity index (χ1v) is 5.28. The van der Waals surface area contributed by atoms with Crippen LogP contribution in [-0.2, 0) is 4.79 Å². The molecule has 0 aliphatic carbocycles. The van der Waals surface area contributed by atoms with Crippen molar-refractivity contribution in [2.24, 2.45) is 17.8 Å². The number of carboxylic acids is 1. The van der Waals surface area contributed by atoms with E-state index in [2.05, 4.69) is 33.8 Å². The minimum Gasteiger partial charge on any atom is -0.481 e. The molecule has 1 atom stereocenters. The van der Waals surface area contributed by atoms with Crippen molar-refractivity contribution < 1.29 is 9.90 Å². The molecule has 0 aromatic rings. The highest BCUT2D eigenvalue weighted by Gasteiger charge is 2.17. The third-order valence-electron chi connectivity index (χ3n) is 2.12. The van der Waals surface area contributed by atoms with Crippen LogP contribution in [0.15, 0.2) is 11.6 Å². The van der Waals surface area contributed by atoms with Crippen LogP contribution in [0.2, 0.25) is 0 Å². The van der Waals surface area contributed by atoms with Crippen LogP contribution in [0.5, 0.6) is 0 Å². The Bertz CT molecular complexity index is 214. The summed E-state index contributed by atoms with van der Waals surface area (Å²) < 4.78 is 0. The van der Waals surface area contributed by atoms with E-state index < -0.39 is 5.97 Å². The van der Waals surface area contributed by atoms with Gasteiger partial charge in [-0.05, 0) is 25.2 Å². The van der Waals surface area contributed by atoms with Crippen molar-refractivity contribution in [1.82, 2.24) is 0 Å². The van der Waals surface area contributed by atoms with Gasteiger partial charge in [-0.15, -0.1) is 0 Å². The van der Waals surface area contributed by atoms with E-state index in [4.69, 9.17) is 5.11 Å². The zero-order valence-electron chi connectivity index (χ0n) is 9.87. The van der Waals surface area contributed by atoms with Gasteiger partial charge in [-0.3, -0.25) is 4.79 Å². The molecule has 0 aromatic carbocycles. The monoisotopic (exact) mass is 198 g/mol. The Balaban J connectivity index is 4.63. The summed E-state index contributed by atoms with van der Waals surface area (Å²) in [6.45, 7) is 10.1. The van der Waals surface area contributed by atoms with Crippen molar-refractivity contribution in [2.45, 2.75) is 41.0 Å². The summed E-state index contributed by atoms with van der Waals surface area (Å²) in [5.74, 6) is -0.135. The third kappa shape index (κ3) is 5.05. The van der Waals surface area contributed by atoms with E-state index in [0.29, 0.717) is 11.8 Å². The fraction of sp³-hybridized carbons (Fsp3) is 0.750. The lowest BCUT2D eigenvalue weighted by Gasteiger charge is -2.15. The van der Waals surface area contributed by atoms with E-state index >= 15 is 0 Å². The summed E-state index contributed by atoms with van der Waals surface area (Å²) in [7, 11) is 0. The third-order valence-corrected chi connectivity index (χ3v) is 2.12. The molecule has 0 amide bonds. The molecule has 0 spiro atoms. The van der Waals surface area contributed by atoms with Crippen molar-refractivity contribution in [3.05, 3.63) is 11.6 Å². The standard InChI is InChI=1S/C12H22O2/c1-8(2)6-11(7-9(3)4)10(5)12(13)14/h6,8-10H,7H2,1-5H3,(H,13,14). The molecule has 0 aromatic heterocycles. The molecule has 0 saturated carbocycles. The lowest BCUT2D eigenvalue weighted by Crippen LogP contribution is -2.14. The van der Waals surface area contributed by atoms with Crippen molar-refractivity contribution in [1.29, 1.82) is 0 Å². The zero-order chi connectivity index (χ0) is 11.3. The van der Waals surface area contributed by atoms with Crippen LogP contribution >= 0.6 is 0 Å². The van der Waals surface area contributed by atoms with Crippen LogP contribution in [0.4, 0.5) is 0 Å². The Morgan fingerprint density at radius 1 is 1.21 bits per heavy atom. The summed E-state index contributed by atoms with van der Waals surface area (Å²) >= 11 is 0. The molecule has 0 aliphatic heterocycles. The topological polar surface area (TPSA) is 37.3 Å². The largest absolute Gasteiger partial charge is 0.481 e. The molecule has 82 valence electrons. The highest BCUT2D eigenvalue weighted by molar-refractivity contribution is 5.73. The molecule has 0 bridgehead atoms. The fourth-order valence-electron chi connectivity index (χ4n) is 1.45.